The Bertz CT molecular complexity index is 1270. The van der Waals surface area contributed by atoms with Gasteiger partial charge in [-0.25, -0.2) is 0 Å². The molecule has 10 heteroatoms. The summed E-state index contributed by atoms with van der Waals surface area (Å²) in [5.74, 6) is -0.0873. The number of aromatic nitrogens is 1. The third-order valence-corrected chi connectivity index (χ3v) is 5.22. The van der Waals surface area contributed by atoms with E-state index in [1.165, 1.54) is 38.5 Å². The number of pyridine rings is 1. The second kappa shape index (κ2) is 9.41. The molecule has 0 spiro atoms. The topological polar surface area (TPSA) is 124 Å². The van der Waals surface area contributed by atoms with Crippen LogP contribution in [-0.4, -0.2) is 40.8 Å². The second-order valence-electron chi connectivity index (χ2n) is 7.34. The average Bonchev–Trinajstić information content (AvgIpc) is 3.08. The Balaban J connectivity index is 1.77. The molecule has 3 aromatic rings. The molecule has 2 aromatic carbocycles. The lowest BCUT2D eigenvalue weighted by Crippen LogP contribution is -2.32. The molecule has 0 bridgehead atoms. The fourth-order valence-corrected chi connectivity index (χ4v) is 3.55. The first-order chi connectivity index (χ1) is 16.4. The predicted molar refractivity (Wildman–Crippen MR) is 123 cm³/mol. The molecule has 1 aliphatic heterocycles. The van der Waals surface area contributed by atoms with Crippen molar-refractivity contribution in [2.24, 2.45) is 0 Å². The Kier molecular flexibility index (Phi) is 6.22. The number of anilines is 1. The zero-order valence-corrected chi connectivity index (χ0v) is 18.3. The maximum Gasteiger partial charge on any atom is 0.278 e. The SMILES string of the molecule is COc1cc(NC2=C(c3ccc([N+](=O)[O-])cc3)C(=O)N(Cc3cccnc3)C2=O)cc(OC)c1. The van der Waals surface area contributed by atoms with Crippen LogP contribution in [0.5, 0.6) is 11.5 Å². The number of hydrogen-bond acceptors (Lipinski definition) is 8. The molecule has 172 valence electrons. The summed E-state index contributed by atoms with van der Waals surface area (Å²) in [4.78, 5) is 42.4. The summed E-state index contributed by atoms with van der Waals surface area (Å²) >= 11 is 0. The van der Waals surface area contributed by atoms with E-state index in [0.717, 1.165) is 4.90 Å². The van der Waals surface area contributed by atoms with Gasteiger partial charge in [0.25, 0.3) is 17.5 Å². The van der Waals surface area contributed by atoms with E-state index in [4.69, 9.17) is 9.47 Å². The number of nitrogens with one attached hydrogen (secondary N) is 1. The Hall–Kier alpha value is -4.73. The lowest BCUT2D eigenvalue weighted by molar-refractivity contribution is -0.384. The molecule has 34 heavy (non-hydrogen) atoms. The predicted octanol–water partition coefficient (Wildman–Crippen LogP) is 3.40. The van der Waals surface area contributed by atoms with Gasteiger partial charge in [0.05, 0.1) is 31.3 Å². The third-order valence-electron chi connectivity index (χ3n) is 5.22. The number of nitro groups is 1. The van der Waals surface area contributed by atoms with Crippen LogP contribution >= 0.6 is 0 Å². The minimum absolute atomic E-state index is 0.0224. The van der Waals surface area contributed by atoms with Crippen LogP contribution in [0.1, 0.15) is 11.1 Å². The van der Waals surface area contributed by atoms with E-state index < -0.39 is 16.7 Å². The highest BCUT2D eigenvalue weighted by atomic mass is 16.6. The van der Waals surface area contributed by atoms with Gasteiger partial charge in [-0.3, -0.25) is 29.6 Å². The van der Waals surface area contributed by atoms with Gasteiger partial charge in [-0.05, 0) is 29.3 Å². The number of carbonyl (C=O) groups excluding carboxylic acids is 2. The lowest BCUT2D eigenvalue weighted by Gasteiger charge is -2.15. The zero-order valence-electron chi connectivity index (χ0n) is 18.3. The van der Waals surface area contributed by atoms with Crippen LogP contribution in [-0.2, 0) is 16.1 Å². The van der Waals surface area contributed by atoms with Crippen molar-refractivity contribution in [1.29, 1.82) is 0 Å². The van der Waals surface area contributed by atoms with Crippen molar-refractivity contribution in [1.82, 2.24) is 9.88 Å². The fraction of sp³-hybridized carbons (Fsp3) is 0.125. The number of nitrogens with zero attached hydrogens (tertiary/aromatic N) is 3. The maximum atomic E-state index is 13.4. The van der Waals surface area contributed by atoms with Crippen molar-refractivity contribution in [2.45, 2.75) is 6.54 Å². The van der Waals surface area contributed by atoms with Gasteiger partial charge in [0.2, 0.25) is 0 Å². The minimum Gasteiger partial charge on any atom is -0.497 e. The van der Waals surface area contributed by atoms with Crippen LogP contribution in [0.2, 0.25) is 0 Å². The molecular weight excluding hydrogens is 440 g/mol. The number of amides is 2. The van der Waals surface area contributed by atoms with Gasteiger partial charge in [-0.15, -0.1) is 0 Å². The van der Waals surface area contributed by atoms with E-state index in [-0.39, 0.29) is 23.5 Å². The van der Waals surface area contributed by atoms with Gasteiger partial charge in [-0.2, -0.15) is 0 Å². The summed E-state index contributed by atoms with van der Waals surface area (Å²) in [6.07, 6.45) is 3.17. The summed E-state index contributed by atoms with van der Waals surface area (Å²) in [5.41, 5.74) is 1.53. The molecule has 2 amide bonds. The van der Waals surface area contributed by atoms with Crippen LogP contribution in [0.15, 0.2) is 72.7 Å². The monoisotopic (exact) mass is 460 g/mol. The number of nitro benzene ring substituents is 1. The molecule has 1 aliphatic rings. The van der Waals surface area contributed by atoms with Crippen LogP contribution in [0.25, 0.3) is 5.57 Å². The number of hydrogen-bond donors (Lipinski definition) is 1. The highest BCUT2D eigenvalue weighted by Gasteiger charge is 2.39. The third kappa shape index (κ3) is 4.42. The Morgan fingerprint density at radius 1 is 1.00 bits per heavy atom. The van der Waals surface area contributed by atoms with Gasteiger partial charge in [0, 0.05) is 48.4 Å². The van der Waals surface area contributed by atoms with Gasteiger partial charge in [0.1, 0.15) is 17.2 Å². The van der Waals surface area contributed by atoms with Crippen molar-refractivity contribution < 1.29 is 24.0 Å². The Labute approximate surface area is 194 Å². The van der Waals surface area contributed by atoms with Crippen molar-refractivity contribution in [3.8, 4) is 11.5 Å². The molecule has 10 nitrogen and oxygen atoms in total. The van der Waals surface area contributed by atoms with Crippen molar-refractivity contribution in [3.05, 3.63) is 93.9 Å². The zero-order chi connectivity index (χ0) is 24.2. The van der Waals surface area contributed by atoms with Crippen LogP contribution < -0.4 is 14.8 Å². The van der Waals surface area contributed by atoms with Gasteiger partial charge < -0.3 is 14.8 Å². The molecule has 1 N–H and O–H groups in total. The Morgan fingerprint density at radius 3 is 2.24 bits per heavy atom. The van der Waals surface area contributed by atoms with E-state index in [9.17, 15) is 19.7 Å². The average molecular weight is 460 g/mol. The summed E-state index contributed by atoms with van der Waals surface area (Å²) in [5, 5.41) is 14.1. The largest absolute Gasteiger partial charge is 0.497 e. The fourth-order valence-electron chi connectivity index (χ4n) is 3.55. The van der Waals surface area contributed by atoms with E-state index in [1.807, 2.05) is 0 Å². The number of ether oxygens (including phenoxy) is 2. The smallest absolute Gasteiger partial charge is 0.278 e. The normalized spacial score (nSPS) is 13.3. The molecule has 0 saturated carbocycles. The number of non-ortho nitro benzene ring substituents is 1. The highest BCUT2D eigenvalue weighted by molar-refractivity contribution is 6.36. The first-order valence-electron chi connectivity index (χ1n) is 10.2. The first kappa shape index (κ1) is 22.5. The molecule has 0 atom stereocenters. The molecule has 0 aliphatic carbocycles. The van der Waals surface area contributed by atoms with Crippen LogP contribution in [0, 0.1) is 10.1 Å². The van der Waals surface area contributed by atoms with Gasteiger partial charge in [0.15, 0.2) is 0 Å². The van der Waals surface area contributed by atoms with E-state index in [0.29, 0.717) is 28.3 Å². The Morgan fingerprint density at radius 2 is 1.68 bits per heavy atom. The number of methoxy groups -OCH3 is 2. The molecule has 2 heterocycles. The molecule has 1 aromatic heterocycles. The number of benzene rings is 2. The van der Waals surface area contributed by atoms with Crippen LogP contribution in [0.4, 0.5) is 11.4 Å². The van der Waals surface area contributed by atoms with Crippen molar-refractivity contribution >= 4 is 28.8 Å². The molecule has 0 unspecified atom stereocenters. The van der Waals surface area contributed by atoms with E-state index in [2.05, 4.69) is 10.3 Å². The van der Waals surface area contributed by atoms with Gasteiger partial charge in [-0.1, -0.05) is 6.07 Å². The standard InChI is InChI=1S/C24H20N4O6/c1-33-19-10-17(11-20(12-19)34-2)26-22-21(16-5-7-18(8-6-16)28(31)32)23(29)27(24(22)30)14-15-4-3-9-25-13-15/h3-13,26H,14H2,1-2H3. The number of rotatable bonds is 8. The first-order valence-corrected chi connectivity index (χ1v) is 10.2. The summed E-state index contributed by atoms with van der Waals surface area (Å²) in [6.45, 7) is 0.0224. The van der Waals surface area contributed by atoms with Gasteiger partial charge >= 0.3 is 0 Å². The van der Waals surface area contributed by atoms with Crippen molar-refractivity contribution in [3.63, 3.8) is 0 Å². The molecule has 0 fully saturated rings. The maximum absolute atomic E-state index is 13.4. The van der Waals surface area contributed by atoms with E-state index >= 15 is 0 Å². The highest BCUT2D eigenvalue weighted by Crippen LogP contribution is 2.34. The lowest BCUT2D eigenvalue weighted by atomic mass is 10.0. The molecule has 0 radical (unpaired) electrons. The summed E-state index contributed by atoms with van der Waals surface area (Å²) < 4.78 is 10.6. The molecule has 4 rings (SSSR count). The van der Waals surface area contributed by atoms with E-state index in [1.54, 1.807) is 42.7 Å². The second-order valence-corrected chi connectivity index (χ2v) is 7.34. The quantitative estimate of drug-likeness (QED) is 0.308. The summed E-state index contributed by atoms with van der Waals surface area (Å²) in [6, 6.07) is 13.9. The molecular formula is C24H20N4O6. The number of imide groups is 1. The molecule has 0 saturated heterocycles. The summed E-state index contributed by atoms with van der Waals surface area (Å²) in [7, 11) is 3.00. The van der Waals surface area contributed by atoms with Crippen LogP contribution in [0.3, 0.4) is 0 Å². The van der Waals surface area contributed by atoms with Crippen molar-refractivity contribution in [2.75, 3.05) is 19.5 Å². The minimum atomic E-state index is -0.538. The number of carbonyl (C=O) groups is 2.